The van der Waals surface area contributed by atoms with E-state index in [-0.39, 0.29) is 5.75 Å². The number of hydrogen-bond donors (Lipinski definition) is 3. The van der Waals surface area contributed by atoms with Gasteiger partial charge in [0, 0.05) is 16.6 Å². The van der Waals surface area contributed by atoms with Crippen LogP contribution in [-0.2, 0) is 0 Å². The van der Waals surface area contributed by atoms with Gasteiger partial charge in [-0.05, 0) is 12.1 Å². The molecule has 0 saturated carbocycles. The molecule has 0 fully saturated rings. The van der Waals surface area contributed by atoms with Crippen LogP contribution >= 0.6 is 12.6 Å². The van der Waals surface area contributed by atoms with Crippen LogP contribution in [-0.4, -0.2) is 5.11 Å². The summed E-state index contributed by atoms with van der Waals surface area (Å²) < 4.78 is 0. The molecule has 0 bridgehead atoms. The van der Waals surface area contributed by atoms with Crippen molar-refractivity contribution in [2.75, 3.05) is 5.73 Å². The third-order valence-corrected chi connectivity index (χ3v) is 1.42. The molecule has 0 atom stereocenters. The van der Waals surface area contributed by atoms with Crippen molar-refractivity contribution in [1.29, 1.82) is 0 Å². The topological polar surface area (TPSA) is 46.2 Å². The summed E-state index contributed by atoms with van der Waals surface area (Å²) in [5.74, 6) is 0.172. The molecule has 1 aromatic rings. The van der Waals surface area contributed by atoms with E-state index in [1.54, 1.807) is 12.1 Å². The Morgan fingerprint density at radius 3 is 2.56 bits per heavy atom. The lowest BCUT2D eigenvalue weighted by Gasteiger charge is -1.96. The molecular weight excluding hydrogens is 134 g/mol. The summed E-state index contributed by atoms with van der Waals surface area (Å²) in [7, 11) is 0. The van der Waals surface area contributed by atoms with Crippen LogP contribution in [0.1, 0.15) is 0 Å². The molecule has 3 N–H and O–H groups in total. The number of aromatic hydroxyl groups is 1. The first-order chi connectivity index (χ1) is 4.20. The summed E-state index contributed by atoms with van der Waals surface area (Å²) in [6.07, 6.45) is 0. The lowest BCUT2D eigenvalue weighted by molar-refractivity contribution is 0.475. The number of phenols is 1. The van der Waals surface area contributed by atoms with Gasteiger partial charge in [0.25, 0.3) is 0 Å². The van der Waals surface area contributed by atoms with Crippen molar-refractivity contribution < 1.29 is 5.11 Å². The number of anilines is 1. The summed E-state index contributed by atoms with van der Waals surface area (Å²) >= 11 is 4.01. The quantitative estimate of drug-likeness (QED) is 0.376. The molecule has 1 rings (SSSR count). The number of nitrogen functional groups attached to an aromatic ring is 1. The molecule has 3 heteroatoms. The Labute approximate surface area is 58.7 Å². The highest BCUT2D eigenvalue weighted by Gasteiger charge is 1.92. The fourth-order valence-corrected chi connectivity index (χ4v) is 0.681. The number of rotatable bonds is 0. The van der Waals surface area contributed by atoms with Crippen molar-refractivity contribution in [2.24, 2.45) is 0 Å². The van der Waals surface area contributed by atoms with Crippen LogP contribution in [0.3, 0.4) is 0 Å². The molecule has 0 amide bonds. The van der Waals surface area contributed by atoms with Crippen molar-refractivity contribution in [1.82, 2.24) is 0 Å². The fraction of sp³-hybridized carbons (Fsp3) is 0. The van der Waals surface area contributed by atoms with Gasteiger partial charge in [0.15, 0.2) is 0 Å². The lowest BCUT2D eigenvalue weighted by Crippen LogP contribution is -1.84. The van der Waals surface area contributed by atoms with Gasteiger partial charge in [0.1, 0.15) is 5.75 Å². The van der Waals surface area contributed by atoms with Gasteiger partial charge in [-0.2, -0.15) is 0 Å². The molecule has 0 radical (unpaired) electrons. The molecular formula is C6H7NOS. The zero-order chi connectivity index (χ0) is 6.85. The van der Waals surface area contributed by atoms with Gasteiger partial charge in [-0.3, -0.25) is 0 Å². The first-order valence-corrected chi connectivity index (χ1v) is 2.92. The second-order valence-electron chi connectivity index (χ2n) is 1.74. The van der Waals surface area contributed by atoms with Crippen LogP contribution in [0.4, 0.5) is 5.69 Å². The SMILES string of the molecule is Nc1cc(O)ccc1S. The standard InChI is InChI=1S/C6H7NOS/c7-5-3-4(8)1-2-6(5)9/h1-3,8-9H,7H2. The number of nitrogens with two attached hydrogens (primary N) is 1. The zero-order valence-corrected chi connectivity index (χ0v) is 5.60. The monoisotopic (exact) mass is 141 g/mol. The summed E-state index contributed by atoms with van der Waals surface area (Å²) in [6, 6.07) is 4.65. The third kappa shape index (κ3) is 1.29. The molecule has 0 heterocycles. The van der Waals surface area contributed by atoms with Gasteiger partial charge in [0.05, 0.1) is 0 Å². The second kappa shape index (κ2) is 2.19. The van der Waals surface area contributed by atoms with Gasteiger partial charge >= 0.3 is 0 Å². The highest BCUT2D eigenvalue weighted by molar-refractivity contribution is 7.80. The van der Waals surface area contributed by atoms with E-state index < -0.39 is 0 Å². The van der Waals surface area contributed by atoms with E-state index in [0.717, 1.165) is 0 Å². The van der Waals surface area contributed by atoms with E-state index >= 15 is 0 Å². The van der Waals surface area contributed by atoms with Crippen LogP contribution < -0.4 is 5.73 Å². The molecule has 0 unspecified atom stereocenters. The largest absolute Gasteiger partial charge is 0.508 e. The fourth-order valence-electron chi connectivity index (χ4n) is 0.542. The highest BCUT2D eigenvalue weighted by Crippen LogP contribution is 2.20. The molecule has 48 valence electrons. The Hall–Kier alpha value is -0.830. The predicted molar refractivity (Wildman–Crippen MR) is 39.8 cm³/mol. The van der Waals surface area contributed by atoms with Gasteiger partial charge in [0.2, 0.25) is 0 Å². The number of benzene rings is 1. The third-order valence-electron chi connectivity index (χ3n) is 1.01. The normalized spacial score (nSPS) is 9.44. The minimum atomic E-state index is 0.172. The van der Waals surface area contributed by atoms with E-state index in [1.165, 1.54) is 6.07 Å². The summed E-state index contributed by atoms with van der Waals surface area (Å²) in [4.78, 5) is 0.688. The van der Waals surface area contributed by atoms with Crippen molar-refractivity contribution in [3.8, 4) is 5.75 Å². The number of phenolic OH excluding ortho intramolecular Hbond substituents is 1. The Balaban J connectivity index is 3.17. The maximum absolute atomic E-state index is 8.82. The van der Waals surface area contributed by atoms with Crippen LogP contribution in [0.15, 0.2) is 23.1 Å². The molecule has 0 aliphatic rings. The average molecular weight is 141 g/mol. The van der Waals surface area contributed by atoms with Crippen molar-refractivity contribution >= 4 is 18.3 Å². The Kier molecular flexibility index (Phi) is 1.53. The van der Waals surface area contributed by atoms with Crippen LogP contribution in [0.25, 0.3) is 0 Å². The Morgan fingerprint density at radius 2 is 2.11 bits per heavy atom. The number of hydrogen-bond acceptors (Lipinski definition) is 3. The Morgan fingerprint density at radius 1 is 1.44 bits per heavy atom. The lowest BCUT2D eigenvalue weighted by atomic mass is 10.3. The minimum Gasteiger partial charge on any atom is -0.508 e. The van der Waals surface area contributed by atoms with Crippen LogP contribution in [0.5, 0.6) is 5.75 Å². The van der Waals surface area contributed by atoms with E-state index in [1.807, 2.05) is 0 Å². The van der Waals surface area contributed by atoms with Crippen molar-refractivity contribution in [3.63, 3.8) is 0 Å². The van der Waals surface area contributed by atoms with Crippen LogP contribution in [0.2, 0.25) is 0 Å². The highest BCUT2D eigenvalue weighted by atomic mass is 32.1. The summed E-state index contributed by atoms with van der Waals surface area (Å²) in [6.45, 7) is 0. The molecule has 0 aliphatic heterocycles. The van der Waals surface area contributed by atoms with Crippen molar-refractivity contribution in [2.45, 2.75) is 4.90 Å². The molecule has 1 aromatic carbocycles. The molecule has 0 saturated heterocycles. The summed E-state index contributed by atoms with van der Waals surface area (Å²) in [5, 5.41) is 8.82. The average Bonchev–Trinajstić information content (AvgIpc) is 1.80. The molecule has 9 heavy (non-hydrogen) atoms. The second-order valence-corrected chi connectivity index (χ2v) is 2.22. The molecule has 0 aromatic heterocycles. The van der Waals surface area contributed by atoms with Crippen LogP contribution in [0, 0.1) is 0 Å². The predicted octanol–water partition coefficient (Wildman–Crippen LogP) is 1.26. The van der Waals surface area contributed by atoms with E-state index in [4.69, 9.17) is 10.8 Å². The van der Waals surface area contributed by atoms with E-state index in [9.17, 15) is 0 Å². The van der Waals surface area contributed by atoms with Gasteiger partial charge in [-0.25, -0.2) is 0 Å². The van der Waals surface area contributed by atoms with Gasteiger partial charge in [-0.1, -0.05) is 0 Å². The number of thiol groups is 1. The molecule has 2 nitrogen and oxygen atoms in total. The van der Waals surface area contributed by atoms with Gasteiger partial charge in [-0.15, -0.1) is 12.6 Å². The molecule has 0 spiro atoms. The first kappa shape index (κ1) is 6.29. The summed E-state index contributed by atoms with van der Waals surface area (Å²) in [5.41, 5.74) is 5.88. The molecule has 0 aliphatic carbocycles. The smallest absolute Gasteiger partial charge is 0.117 e. The maximum atomic E-state index is 8.82. The maximum Gasteiger partial charge on any atom is 0.117 e. The first-order valence-electron chi connectivity index (χ1n) is 2.47. The Bertz CT molecular complexity index is 224. The minimum absolute atomic E-state index is 0.172. The van der Waals surface area contributed by atoms with Gasteiger partial charge < -0.3 is 10.8 Å². The van der Waals surface area contributed by atoms with E-state index in [0.29, 0.717) is 10.6 Å². The zero-order valence-electron chi connectivity index (χ0n) is 4.70. The van der Waals surface area contributed by atoms with Crippen molar-refractivity contribution in [3.05, 3.63) is 18.2 Å². The van der Waals surface area contributed by atoms with E-state index in [2.05, 4.69) is 12.6 Å².